The molecule has 1 heterocycles. The average Bonchev–Trinajstić information content (AvgIpc) is 2.48. The van der Waals surface area contributed by atoms with Crippen LogP contribution in [0, 0.1) is 5.92 Å². The molecule has 0 N–H and O–H groups in total. The maximum absolute atomic E-state index is 5.97. The summed E-state index contributed by atoms with van der Waals surface area (Å²) in [4.78, 5) is 5.34. The molecule has 0 aromatic carbocycles. The van der Waals surface area contributed by atoms with Gasteiger partial charge in [-0.2, -0.15) is 0 Å². The zero-order chi connectivity index (χ0) is 16.8. The molecule has 1 atom stereocenters. The highest BCUT2D eigenvalue weighted by molar-refractivity contribution is 4.81. The van der Waals surface area contributed by atoms with Crippen LogP contribution in [0.25, 0.3) is 0 Å². The molecule has 2 rings (SSSR count). The molecule has 0 amide bonds. The van der Waals surface area contributed by atoms with E-state index >= 15 is 0 Å². The summed E-state index contributed by atoms with van der Waals surface area (Å²) in [5.74, 6) is 0.955. The van der Waals surface area contributed by atoms with Crippen molar-refractivity contribution >= 4 is 0 Å². The SMILES string of the molecule is CC(C)OC1CCC(CCCN2CCN(C(C)C)[C@@H](C)C2)CC1. The fraction of sp³-hybridized carbons (Fsp3) is 1.00. The van der Waals surface area contributed by atoms with Crippen LogP contribution in [0.2, 0.25) is 0 Å². The Balaban J connectivity index is 1.58. The van der Waals surface area contributed by atoms with Crippen molar-refractivity contribution in [1.29, 1.82) is 0 Å². The zero-order valence-corrected chi connectivity index (χ0v) is 16.3. The molecule has 2 fully saturated rings. The number of rotatable bonds is 7. The van der Waals surface area contributed by atoms with Gasteiger partial charge < -0.3 is 9.64 Å². The lowest BCUT2D eigenvalue weighted by atomic mass is 9.84. The number of hydrogen-bond donors (Lipinski definition) is 0. The van der Waals surface area contributed by atoms with Crippen molar-refractivity contribution in [2.45, 2.75) is 97.4 Å². The van der Waals surface area contributed by atoms with Crippen molar-refractivity contribution in [3.8, 4) is 0 Å². The minimum absolute atomic E-state index is 0.392. The van der Waals surface area contributed by atoms with Crippen LogP contribution in [-0.4, -0.2) is 60.3 Å². The molecule has 0 spiro atoms. The van der Waals surface area contributed by atoms with Crippen LogP contribution >= 0.6 is 0 Å². The lowest BCUT2D eigenvalue weighted by molar-refractivity contribution is -0.0206. The van der Waals surface area contributed by atoms with E-state index in [-0.39, 0.29) is 0 Å². The van der Waals surface area contributed by atoms with Crippen molar-refractivity contribution in [3.05, 3.63) is 0 Å². The zero-order valence-electron chi connectivity index (χ0n) is 16.3. The third-order valence-electron chi connectivity index (χ3n) is 5.77. The van der Waals surface area contributed by atoms with E-state index in [1.54, 1.807) is 0 Å². The number of nitrogens with zero attached hydrogens (tertiary/aromatic N) is 2. The van der Waals surface area contributed by atoms with Crippen molar-refractivity contribution in [3.63, 3.8) is 0 Å². The first-order chi connectivity index (χ1) is 11.0. The van der Waals surface area contributed by atoms with Gasteiger partial charge in [0, 0.05) is 31.7 Å². The summed E-state index contributed by atoms with van der Waals surface area (Å²) in [6.07, 6.45) is 9.07. The van der Waals surface area contributed by atoms with E-state index in [4.69, 9.17) is 4.74 Å². The lowest BCUT2D eigenvalue weighted by Gasteiger charge is -2.42. The number of ether oxygens (including phenoxy) is 1. The van der Waals surface area contributed by atoms with E-state index in [9.17, 15) is 0 Å². The predicted molar refractivity (Wildman–Crippen MR) is 98.9 cm³/mol. The van der Waals surface area contributed by atoms with E-state index in [1.807, 2.05) is 0 Å². The predicted octanol–water partition coefficient (Wildman–Crippen LogP) is 4.16. The highest BCUT2D eigenvalue weighted by Crippen LogP contribution is 2.30. The van der Waals surface area contributed by atoms with Crippen LogP contribution in [0.4, 0.5) is 0 Å². The van der Waals surface area contributed by atoms with Gasteiger partial charge in [0.25, 0.3) is 0 Å². The molecule has 0 bridgehead atoms. The van der Waals surface area contributed by atoms with E-state index < -0.39 is 0 Å². The van der Waals surface area contributed by atoms with Gasteiger partial charge in [-0.1, -0.05) is 0 Å². The third kappa shape index (κ3) is 6.36. The summed E-state index contributed by atoms with van der Waals surface area (Å²) in [6, 6.07) is 1.41. The monoisotopic (exact) mass is 324 g/mol. The van der Waals surface area contributed by atoms with Crippen LogP contribution in [-0.2, 0) is 4.74 Å². The van der Waals surface area contributed by atoms with Crippen molar-refractivity contribution < 1.29 is 4.74 Å². The lowest BCUT2D eigenvalue weighted by Crippen LogP contribution is -2.54. The summed E-state index contributed by atoms with van der Waals surface area (Å²) in [5.41, 5.74) is 0. The largest absolute Gasteiger partial charge is 0.376 e. The highest BCUT2D eigenvalue weighted by atomic mass is 16.5. The molecule has 23 heavy (non-hydrogen) atoms. The molecule has 1 aliphatic heterocycles. The molecule has 0 aromatic rings. The maximum Gasteiger partial charge on any atom is 0.0578 e. The molecule has 136 valence electrons. The second-order valence-electron chi connectivity index (χ2n) is 8.45. The third-order valence-corrected chi connectivity index (χ3v) is 5.77. The normalized spacial score (nSPS) is 31.2. The first kappa shape index (κ1) is 19.2. The topological polar surface area (TPSA) is 15.7 Å². The van der Waals surface area contributed by atoms with Crippen molar-refractivity contribution in [2.75, 3.05) is 26.2 Å². The van der Waals surface area contributed by atoms with Crippen LogP contribution in [0.5, 0.6) is 0 Å². The van der Waals surface area contributed by atoms with E-state index in [0.717, 1.165) is 5.92 Å². The molecule has 0 radical (unpaired) electrons. The Hall–Kier alpha value is -0.120. The Bertz CT molecular complexity index is 324. The fourth-order valence-electron chi connectivity index (χ4n) is 4.56. The highest BCUT2D eigenvalue weighted by Gasteiger charge is 2.26. The molecule has 3 heteroatoms. The van der Waals surface area contributed by atoms with Gasteiger partial charge in [0.1, 0.15) is 0 Å². The van der Waals surface area contributed by atoms with Gasteiger partial charge in [0.2, 0.25) is 0 Å². The minimum atomic E-state index is 0.392. The fourth-order valence-corrected chi connectivity index (χ4v) is 4.56. The van der Waals surface area contributed by atoms with Crippen molar-refractivity contribution in [2.24, 2.45) is 5.92 Å². The molecule has 2 aliphatic rings. The average molecular weight is 325 g/mol. The Morgan fingerprint density at radius 3 is 2.26 bits per heavy atom. The van der Waals surface area contributed by atoms with Crippen LogP contribution in [0.3, 0.4) is 0 Å². The molecular weight excluding hydrogens is 284 g/mol. The first-order valence-corrected chi connectivity index (χ1v) is 10.1. The molecule has 1 aliphatic carbocycles. The summed E-state index contributed by atoms with van der Waals surface area (Å²) in [7, 11) is 0. The molecule has 1 saturated carbocycles. The smallest absolute Gasteiger partial charge is 0.0578 e. The van der Waals surface area contributed by atoms with Gasteiger partial charge in [-0.3, -0.25) is 4.90 Å². The molecule has 0 aromatic heterocycles. The Labute approximate surface area is 144 Å². The Morgan fingerprint density at radius 2 is 1.70 bits per heavy atom. The van der Waals surface area contributed by atoms with Crippen LogP contribution < -0.4 is 0 Å². The quantitative estimate of drug-likeness (QED) is 0.699. The van der Waals surface area contributed by atoms with Gasteiger partial charge in [-0.25, -0.2) is 0 Å². The molecule has 0 unspecified atom stereocenters. The summed E-state index contributed by atoms with van der Waals surface area (Å²) in [6.45, 7) is 16.4. The second-order valence-corrected chi connectivity index (χ2v) is 8.45. The van der Waals surface area contributed by atoms with Gasteiger partial charge >= 0.3 is 0 Å². The maximum atomic E-state index is 5.97. The number of hydrogen-bond acceptors (Lipinski definition) is 3. The Kier molecular flexibility index (Phi) is 7.84. The second kappa shape index (κ2) is 9.39. The van der Waals surface area contributed by atoms with Crippen LogP contribution in [0.15, 0.2) is 0 Å². The standard InChI is InChI=1S/C20H40N2O/c1-16(2)22-14-13-21(15-18(22)5)12-6-7-19-8-10-20(11-9-19)23-17(3)4/h16-20H,6-15H2,1-5H3/t18-,19?,20?/m0/s1. The van der Waals surface area contributed by atoms with Crippen LogP contribution in [0.1, 0.15) is 73.1 Å². The van der Waals surface area contributed by atoms with Crippen molar-refractivity contribution in [1.82, 2.24) is 9.80 Å². The molecular formula is C20H40N2O. The first-order valence-electron chi connectivity index (χ1n) is 10.1. The summed E-state index contributed by atoms with van der Waals surface area (Å²) >= 11 is 0. The van der Waals surface area contributed by atoms with Gasteiger partial charge in [0.15, 0.2) is 0 Å². The molecule has 1 saturated heterocycles. The van der Waals surface area contributed by atoms with E-state index in [1.165, 1.54) is 64.7 Å². The number of piperazine rings is 1. The Morgan fingerprint density at radius 1 is 1.00 bits per heavy atom. The van der Waals surface area contributed by atoms with Gasteiger partial charge in [-0.05, 0) is 85.6 Å². The summed E-state index contributed by atoms with van der Waals surface area (Å²) < 4.78 is 5.97. The van der Waals surface area contributed by atoms with E-state index in [0.29, 0.717) is 24.3 Å². The molecule has 3 nitrogen and oxygen atoms in total. The minimum Gasteiger partial charge on any atom is -0.376 e. The van der Waals surface area contributed by atoms with E-state index in [2.05, 4.69) is 44.4 Å². The summed E-state index contributed by atoms with van der Waals surface area (Å²) in [5, 5.41) is 0. The van der Waals surface area contributed by atoms with Gasteiger partial charge in [0.05, 0.1) is 12.2 Å². The van der Waals surface area contributed by atoms with Gasteiger partial charge in [-0.15, -0.1) is 0 Å².